The second-order valence-corrected chi connectivity index (χ2v) is 3.05. The van der Waals surface area contributed by atoms with Gasteiger partial charge in [-0.05, 0) is 18.6 Å². The lowest BCUT2D eigenvalue weighted by Gasteiger charge is -1.93. The molecule has 0 unspecified atom stereocenters. The maximum absolute atomic E-state index is 11.1. The molecular weight excluding hydrogens is 188 g/mol. The Kier molecular flexibility index (Phi) is 3.57. The highest BCUT2D eigenvalue weighted by Crippen LogP contribution is 2.06. The molecule has 0 aliphatic carbocycles. The van der Waals surface area contributed by atoms with Crippen molar-refractivity contribution in [3.05, 3.63) is 23.4 Å². The first-order valence-electron chi connectivity index (χ1n) is 3.65. The van der Waals surface area contributed by atoms with Gasteiger partial charge in [-0.25, -0.2) is 4.98 Å². The molecule has 0 aliphatic heterocycles. The van der Waals surface area contributed by atoms with Crippen LogP contribution in [0.3, 0.4) is 0 Å². The van der Waals surface area contributed by atoms with E-state index in [1.807, 2.05) is 6.26 Å². The van der Waals surface area contributed by atoms with Crippen molar-refractivity contribution < 1.29 is 9.21 Å². The molecule has 0 saturated carbocycles. The van der Waals surface area contributed by atoms with E-state index in [1.165, 1.54) is 17.8 Å². The van der Waals surface area contributed by atoms with Gasteiger partial charge in [0.05, 0.1) is 6.20 Å². The molecule has 70 valence electrons. The lowest BCUT2D eigenvalue weighted by atomic mass is 10.6. The van der Waals surface area contributed by atoms with Crippen molar-refractivity contribution in [1.82, 2.24) is 4.98 Å². The van der Waals surface area contributed by atoms with Crippen LogP contribution in [0, 0.1) is 6.92 Å². The molecule has 1 amide bonds. The maximum Gasteiger partial charge on any atom is 0.301 e. The molecule has 13 heavy (non-hydrogen) atoms. The third-order valence-electron chi connectivity index (χ3n) is 1.21. The highest BCUT2D eigenvalue weighted by molar-refractivity contribution is 8.01. The van der Waals surface area contributed by atoms with Crippen molar-refractivity contribution in [3.63, 3.8) is 0 Å². The van der Waals surface area contributed by atoms with E-state index in [9.17, 15) is 4.79 Å². The minimum absolute atomic E-state index is 0.230. The number of nitrogens with zero attached hydrogens (tertiary/aromatic N) is 1. The Morgan fingerprint density at radius 2 is 2.54 bits per heavy atom. The van der Waals surface area contributed by atoms with E-state index >= 15 is 0 Å². The summed E-state index contributed by atoms with van der Waals surface area (Å²) in [5, 5.41) is 4.17. The summed E-state index contributed by atoms with van der Waals surface area (Å²) in [4.78, 5) is 14.9. The summed E-state index contributed by atoms with van der Waals surface area (Å²) in [7, 11) is 0. The molecule has 0 aliphatic rings. The Morgan fingerprint density at radius 1 is 1.77 bits per heavy atom. The van der Waals surface area contributed by atoms with E-state index in [0.717, 1.165) is 0 Å². The summed E-state index contributed by atoms with van der Waals surface area (Å²) in [6.07, 6.45) is 4.84. The number of anilines is 1. The standard InChI is InChI=1S/C8H10N2O2S/c1-6-5-9-8(12-6)10-7(11)3-4-13-2/h3-5H,1-2H3,(H,9,10,11)/b4-3+. The molecule has 0 aromatic carbocycles. The van der Waals surface area contributed by atoms with Crippen LogP contribution in [0.5, 0.6) is 0 Å². The minimum atomic E-state index is -0.240. The number of hydrogen-bond donors (Lipinski definition) is 1. The topological polar surface area (TPSA) is 55.1 Å². The van der Waals surface area contributed by atoms with Gasteiger partial charge in [0.1, 0.15) is 5.76 Å². The second-order valence-electron chi connectivity index (χ2n) is 2.30. The van der Waals surface area contributed by atoms with Crippen molar-refractivity contribution in [3.8, 4) is 0 Å². The third kappa shape index (κ3) is 3.33. The third-order valence-corrected chi connectivity index (χ3v) is 1.62. The van der Waals surface area contributed by atoms with E-state index in [2.05, 4.69) is 10.3 Å². The van der Waals surface area contributed by atoms with E-state index < -0.39 is 0 Å². The zero-order valence-electron chi connectivity index (χ0n) is 7.40. The van der Waals surface area contributed by atoms with Gasteiger partial charge >= 0.3 is 6.01 Å². The predicted molar refractivity (Wildman–Crippen MR) is 52.5 cm³/mol. The van der Waals surface area contributed by atoms with Crippen LogP contribution >= 0.6 is 11.8 Å². The Hall–Kier alpha value is -1.23. The van der Waals surface area contributed by atoms with Crippen molar-refractivity contribution in [2.24, 2.45) is 0 Å². The van der Waals surface area contributed by atoms with Gasteiger partial charge in [-0.1, -0.05) is 0 Å². The van der Waals surface area contributed by atoms with Crippen LogP contribution in [0.15, 0.2) is 22.1 Å². The van der Waals surface area contributed by atoms with E-state index in [0.29, 0.717) is 5.76 Å². The van der Waals surface area contributed by atoms with Gasteiger partial charge in [0, 0.05) is 6.08 Å². The van der Waals surface area contributed by atoms with Crippen molar-refractivity contribution in [2.45, 2.75) is 6.92 Å². The number of rotatable bonds is 3. The highest BCUT2D eigenvalue weighted by atomic mass is 32.2. The van der Waals surface area contributed by atoms with E-state index in [-0.39, 0.29) is 11.9 Å². The normalized spacial score (nSPS) is 10.6. The number of carbonyl (C=O) groups excluding carboxylic acids is 1. The van der Waals surface area contributed by atoms with Gasteiger partial charge in [0.15, 0.2) is 0 Å². The molecule has 0 atom stereocenters. The van der Waals surface area contributed by atoms with Crippen LogP contribution in [-0.2, 0) is 4.79 Å². The quantitative estimate of drug-likeness (QED) is 0.752. The zero-order valence-corrected chi connectivity index (χ0v) is 8.22. The summed E-state index contributed by atoms with van der Waals surface area (Å²) < 4.78 is 5.05. The average Bonchev–Trinajstić information content (AvgIpc) is 2.48. The molecular formula is C8H10N2O2S. The minimum Gasteiger partial charge on any atom is -0.429 e. The Bertz CT molecular complexity index is 320. The lowest BCUT2D eigenvalue weighted by Crippen LogP contribution is -2.07. The van der Waals surface area contributed by atoms with Crippen LogP contribution in [0.25, 0.3) is 0 Å². The first kappa shape index (κ1) is 9.85. The number of amides is 1. The van der Waals surface area contributed by atoms with Gasteiger partial charge < -0.3 is 4.42 Å². The largest absolute Gasteiger partial charge is 0.429 e. The lowest BCUT2D eigenvalue weighted by molar-refractivity contribution is -0.112. The first-order chi connectivity index (χ1) is 6.22. The summed E-state index contributed by atoms with van der Waals surface area (Å²) in [5.74, 6) is 0.431. The smallest absolute Gasteiger partial charge is 0.301 e. The van der Waals surface area contributed by atoms with Gasteiger partial charge in [0.25, 0.3) is 5.91 Å². The predicted octanol–water partition coefficient (Wildman–Crippen LogP) is 1.80. The molecule has 5 heteroatoms. The Balaban J connectivity index is 2.50. The number of carbonyl (C=O) groups is 1. The fraction of sp³-hybridized carbons (Fsp3) is 0.250. The monoisotopic (exact) mass is 198 g/mol. The van der Waals surface area contributed by atoms with Crippen molar-refractivity contribution in [2.75, 3.05) is 11.6 Å². The summed E-state index contributed by atoms with van der Waals surface area (Å²) in [5.41, 5.74) is 0. The number of oxazole rings is 1. The number of aromatic nitrogens is 1. The second kappa shape index (κ2) is 4.71. The molecule has 1 N–H and O–H groups in total. The van der Waals surface area contributed by atoms with Gasteiger partial charge in [0.2, 0.25) is 0 Å². The van der Waals surface area contributed by atoms with Gasteiger partial charge in [-0.3, -0.25) is 10.1 Å². The highest BCUT2D eigenvalue weighted by Gasteiger charge is 2.02. The molecule has 0 radical (unpaired) electrons. The molecule has 1 aromatic rings. The SMILES string of the molecule is CS/C=C/C(=O)Nc1ncc(C)o1. The number of aryl methyl sites for hydroxylation is 1. The Morgan fingerprint density at radius 3 is 3.08 bits per heavy atom. The molecule has 0 fully saturated rings. The van der Waals surface area contributed by atoms with E-state index in [4.69, 9.17) is 4.42 Å². The summed E-state index contributed by atoms with van der Waals surface area (Å²) in [6, 6.07) is 0.230. The zero-order chi connectivity index (χ0) is 9.68. The van der Waals surface area contributed by atoms with Gasteiger partial charge in [-0.2, -0.15) is 0 Å². The first-order valence-corrected chi connectivity index (χ1v) is 4.94. The van der Waals surface area contributed by atoms with Crippen LogP contribution in [0.4, 0.5) is 6.01 Å². The molecule has 4 nitrogen and oxygen atoms in total. The van der Waals surface area contributed by atoms with Crippen molar-refractivity contribution in [1.29, 1.82) is 0 Å². The molecule has 1 heterocycles. The summed E-state index contributed by atoms with van der Waals surface area (Å²) >= 11 is 1.45. The fourth-order valence-electron chi connectivity index (χ4n) is 0.689. The Labute approximate surface area is 80.4 Å². The number of thioether (sulfide) groups is 1. The average molecular weight is 198 g/mol. The molecule has 1 aromatic heterocycles. The van der Waals surface area contributed by atoms with E-state index in [1.54, 1.807) is 18.5 Å². The van der Waals surface area contributed by atoms with Crippen LogP contribution in [0.2, 0.25) is 0 Å². The maximum atomic E-state index is 11.1. The molecule has 1 rings (SSSR count). The van der Waals surface area contributed by atoms with Crippen molar-refractivity contribution >= 4 is 23.7 Å². The number of nitrogens with one attached hydrogen (secondary N) is 1. The molecule has 0 saturated heterocycles. The van der Waals surface area contributed by atoms with Crippen LogP contribution in [-0.4, -0.2) is 17.1 Å². The summed E-state index contributed by atoms with van der Waals surface area (Å²) in [6.45, 7) is 1.76. The van der Waals surface area contributed by atoms with Crippen LogP contribution in [0.1, 0.15) is 5.76 Å². The van der Waals surface area contributed by atoms with Gasteiger partial charge in [-0.15, -0.1) is 11.8 Å². The van der Waals surface area contributed by atoms with Crippen LogP contribution < -0.4 is 5.32 Å². The fourth-order valence-corrected chi connectivity index (χ4v) is 0.949. The number of hydrogen-bond acceptors (Lipinski definition) is 4. The molecule has 0 spiro atoms. The molecule has 0 bridgehead atoms.